The maximum absolute atomic E-state index is 11.5. The standard InChI is InChI=1S/C17H16N4O4/c1-20-9-11(8-13(18)17(22)23)15-14(21(24)25)3-2-12(16(15)20)10-4-6-19-7-5-10/h2-7,9,13H,8,18H2,1H3,(H,22,23). The highest BCUT2D eigenvalue weighted by atomic mass is 16.6. The first-order chi connectivity index (χ1) is 11.9. The molecule has 2 aromatic heterocycles. The van der Waals surface area contributed by atoms with Crippen molar-refractivity contribution in [3.05, 3.63) is 58.5 Å². The molecule has 128 valence electrons. The summed E-state index contributed by atoms with van der Waals surface area (Å²) >= 11 is 0. The van der Waals surface area contributed by atoms with Crippen LogP contribution in [0.25, 0.3) is 22.0 Å². The molecule has 8 heteroatoms. The van der Waals surface area contributed by atoms with E-state index < -0.39 is 16.9 Å². The molecule has 3 rings (SSSR count). The van der Waals surface area contributed by atoms with E-state index in [1.807, 2.05) is 12.1 Å². The van der Waals surface area contributed by atoms with E-state index in [0.717, 1.165) is 11.1 Å². The lowest BCUT2D eigenvalue weighted by atomic mass is 9.99. The minimum atomic E-state index is -1.15. The third-order valence-electron chi connectivity index (χ3n) is 4.12. The fraction of sp³-hybridized carbons (Fsp3) is 0.176. The summed E-state index contributed by atoms with van der Waals surface area (Å²) in [4.78, 5) is 26.1. The number of aromatic nitrogens is 2. The number of aryl methyl sites for hydroxylation is 1. The Morgan fingerprint density at radius 1 is 1.36 bits per heavy atom. The van der Waals surface area contributed by atoms with Crippen LogP contribution in [-0.2, 0) is 18.3 Å². The minimum Gasteiger partial charge on any atom is -0.480 e. The van der Waals surface area contributed by atoms with Crippen LogP contribution in [0.3, 0.4) is 0 Å². The summed E-state index contributed by atoms with van der Waals surface area (Å²) in [7, 11) is 1.77. The Morgan fingerprint density at radius 3 is 2.64 bits per heavy atom. The smallest absolute Gasteiger partial charge is 0.320 e. The van der Waals surface area contributed by atoms with E-state index in [1.54, 1.807) is 36.3 Å². The molecule has 0 spiro atoms. The van der Waals surface area contributed by atoms with E-state index >= 15 is 0 Å². The Labute approximate surface area is 142 Å². The van der Waals surface area contributed by atoms with Crippen molar-refractivity contribution in [2.45, 2.75) is 12.5 Å². The van der Waals surface area contributed by atoms with E-state index in [4.69, 9.17) is 10.8 Å². The second kappa shape index (κ2) is 6.33. The van der Waals surface area contributed by atoms with Crippen molar-refractivity contribution in [3.63, 3.8) is 0 Å². The van der Waals surface area contributed by atoms with E-state index in [0.29, 0.717) is 16.5 Å². The molecule has 1 atom stereocenters. The zero-order chi connectivity index (χ0) is 18.1. The number of fused-ring (bicyclic) bond motifs is 1. The Bertz CT molecular complexity index is 966. The number of benzene rings is 1. The molecule has 2 heterocycles. The maximum atomic E-state index is 11.5. The number of nitro groups is 1. The zero-order valence-electron chi connectivity index (χ0n) is 13.4. The molecule has 0 aliphatic rings. The van der Waals surface area contributed by atoms with Crippen LogP contribution in [0.5, 0.6) is 0 Å². The maximum Gasteiger partial charge on any atom is 0.320 e. The van der Waals surface area contributed by atoms with Gasteiger partial charge in [0.25, 0.3) is 5.69 Å². The summed E-state index contributed by atoms with van der Waals surface area (Å²) in [6.07, 6.45) is 5.00. The van der Waals surface area contributed by atoms with Crippen LogP contribution in [0.2, 0.25) is 0 Å². The number of carboxylic acids is 1. The SMILES string of the molecule is Cn1cc(CC(N)C(=O)O)c2c([N+](=O)[O-])ccc(-c3ccncc3)c21. The predicted octanol–water partition coefficient (Wildman–Crippen LogP) is 2.10. The number of carbonyl (C=O) groups is 1. The summed E-state index contributed by atoms with van der Waals surface area (Å²) < 4.78 is 1.77. The monoisotopic (exact) mass is 340 g/mol. The number of rotatable bonds is 5. The second-order valence-electron chi connectivity index (χ2n) is 5.76. The van der Waals surface area contributed by atoms with Crippen molar-refractivity contribution in [3.8, 4) is 11.1 Å². The highest BCUT2D eigenvalue weighted by Crippen LogP contribution is 2.37. The molecule has 0 saturated carbocycles. The van der Waals surface area contributed by atoms with Gasteiger partial charge in [0.1, 0.15) is 6.04 Å². The molecule has 0 saturated heterocycles. The van der Waals surface area contributed by atoms with Gasteiger partial charge in [0.15, 0.2) is 0 Å². The molecule has 3 aromatic rings. The van der Waals surface area contributed by atoms with Crippen LogP contribution in [0.1, 0.15) is 5.56 Å². The molecule has 0 fully saturated rings. The number of pyridine rings is 1. The van der Waals surface area contributed by atoms with Gasteiger partial charge in [-0.1, -0.05) is 0 Å². The molecule has 0 aliphatic heterocycles. The highest BCUT2D eigenvalue weighted by molar-refractivity contribution is 6.02. The van der Waals surface area contributed by atoms with Gasteiger partial charge in [0.2, 0.25) is 0 Å². The first kappa shape index (κ1) is 16.6. The molecule has 0 aliphatic carbocycles. The van der Waals surface area contributed by atoms with Crippen LogP contribution in [-0.4, -0.2) is 31.6 Å². The van der Waals surface area contributed by atoms with Crippen molar-refractivity contribution in [2.75, 3.05) is 0 Å². The topological polar surface area (TPSA) is 124 Å². The summed E-state index contributed by atoms with van der Waals surface area (Å²) in [5.41, 5.74) is 8.44. The van der Waals surface area contributed by atoms with Gasteiger partial charge in [-0.25, -0.2) is 0 Å². The first-order valence-corrected chi connectivity index (χ1v) is 7.54. The third kappa shape index (κ3) is 2.94. The number of nitrogens with two attached hydrogens (primary N) is 1. The predicted molar refractivity (Wildman–Crippen MR) is 92.1 cm³/mol. The van der Waals surface area contributed by atoms with E-state index in [1.165, 1.54) is 6.07 Å². The molecular formula is C17H16N4O4. The molecule has 3 N–H and O–H groups in total. The van der Waals surface area contributed by atoms with Gasteiger partial charge < -0.3 is 15.4 Å². The van der Waals surface area contributed by atoms with Gasteiger partial charge >= 0.3 is 5.97 Å². The van der Waals surface area contributed by atoms with Gasteiger partial charge in [-0.2, -0.15) is 0 Å². The van der Waals surface area contributed by atoms with Crippen LogP contribution in [0, 0.1) is 10.1 Å². The van der Waals surface area contributed by atoms with Gasteiger partial charge in [-0.3, -0.25) is 19.9 Å². The minimum absolute atomic E-state index is 0.00725. The summed E-state index contributed by atoms with van der Waals surface area (Å²) in [5.74, 6) is -1.15. The normalized spacial score (nSPS) is 12.2. The van der Waals surface area contributed by atoms with Crippen molar-refractivity contribution >= 4 is 22.6 Å². The van der Waals surface area contributed by atoms with Crippen molar-refractivity contribution in [2.24, 2.45) is 12.8 Å². The molecule has 25 heavy (non-hydrogen) atoms. The van der Waals surface area contributed by atoms with Crippen molar-refractivity contribution in [1.29, 1.82) is 0 Å². The van der Waals surface area contributed by atoms with Gasteiger partial charge in [0, 0.05) is 43.7 Å². The number of carboxylic acid groups (broad SMARTS) is 1. The largest absolute Gasteiger partial charge is 0.480 e. The second-order valence-corrected chi connectivity index (χ2v) is 5.76. The van der Waals surface area contributed by atoms with Crippen LogP contribution < -0.4 is 5.73 Å². The molecule has 1 aromatic carbocycles. The highest BCUT2D eigenvalue weighted by Gasteiger charge is 2.24. The fourth-order valence-corrected chi connectivity index (χ4v) is 3.02. The molecular weight excluding hydrogens is 324 g/mol. The number of nitrogens with zero attached hydrogens (tertiary/aromatic N) is 3. The summed E-state index contributed by atoms with van der Waals surface area (Å²) in [6, 6.07) is 5.63. The Morgan fingerprint density at radius 2 is 2.04 bits per heavy atom. The Balaban J connectivity index is 2.30. The molecule has 0 amide bonds. The molecule has 8 nitrogen and oxygen atoms in total. The number of hydrogen-bond donors (Lipinski definition) is 2. The Kier molecular flexibility index (Phi) is 4.20. The number of non-ortho nitro benzene ring substituents is 1. The van der Waals surface area contributed by atoms with Crippen LogP contribution >= 0.6 is 0 Å². The van der Waals surface area contributed by atoms with Crippen LogP contribution in [0.15, 0.2) is 42.9 Å². The average molecular weight is 340 g/mol. The number of hydrogen-bond acceptors (Lipinski definition) is 5. The lowest BCUT2D eigenvalue weighted by molar-refractivity contribution is -0.383. The quantitative estimate of drug-likeness (QED) is 0.541. The molecule has 0 bridgehead atoms. The number of aliphatic carboxylic acids is 1. The van der Waals surface area contributed by atoms with E-state index in [-0.39, 0.29) is 12.1 Å². The van der Waals surface area contributed by atoms with Crippen molar-refractivity contribution < 1.29 is 14.8 Å². The van der Waals surface area contributed by atoms with Gasteiger partial charge in [-0.15, -0.1) is 0 Å². The zero-order valence-corrected chi connectivity index (χ0v) is 13.4. The molecule has 1 unspecified atom stereocenters. The third-order valence-corrected chi connectivity index (χ3v) is 4.12. The first-order valence-electron chi connectivity index (χ1n) is 7.54. The van der Waals surface area contributed by atoms with Crippen LogP contribution in [0.4, 0.5) is 5.69 Å². The lowest BCUT2D eigenvalue weighted by Gasteiger charge is -2.08. The van der Waals surface area contributed by atoms with E-state index in [2.05, 4.69) is 4.98 Å². The molecule has 0 radical (unpaired) electrons. The lowest BCUT2D eigenvalue weighted by Crippen LogP contribution is -2.32. The number of nitro benzene ring substituents is 1. The Hall–Kier alpha value is -3.26. The summed E-state index contributed by atoms with van der Waals surface area (Å²) in [6.45, 7) is 0. The van der Waals surface area contributed by atoms with Gasteiger partial charge in [-0.05, 0) is 29.3 Å². The van der Waals surface area contributed by atoms with Gasteiger partial charge in [0.05, 0.1) is 15.8 Å². The fourth-order valence-electron chi connectivity index (χ4n) is 3.02. The van der Waals surface area contributed by atoms with E-state index in [9.17, 15) is 14.9 Å². The summed E-state index contributed by atoms with van der Waals surface area (Å²) in [5, 5.41) is 21.0. The van der Waals surface area contributed by atoms with Crippen molar-refractivity contribution in [1.82, 2.24) is 9.55 Å². The average Bonchev–Trinajstić information content (AvgIpc) is 2.91.